The van der Waals surface area contributed by atoms with Crippen molar-refractivity contribution in [3.63, 3.8) is 0 Å². The van der Waals surface area contributed by atoms with Crippen molar-refractivity contribution in [2.75, 3.05) is 10.6 Å². The molecule has 3 N–H and O–H groups in total. The van der Waals surface area contributed by atoms with Gasteiger partial charge in [-0.2, -0.15) is 4.98 Å². The van der Waals surface area contributed by atoms with Crippen molar-refractivity contribution in [3.05, 3.63) is 27.1 Å². The molecule has 0 saturated heterocycles. The molecule has 0 bridgehead atoms. The summed E-state index contributed by atoms with van der Waals surface area (Å²) in [6.07, 6.45) is 8.60. The average molecular weight is 524 g/mol. The Kier molecular flexibility index (Phi) is 6.66. The largest absolute Gasteiger partial charge is 0.439 e. The first kappa shape index (κ1) is 24.1. The normalized spacial score (nSPS) is 21.1. The molecule has 2 fully saturated rings. The summed E-state index contributed by atoms with van der Waals surface area (Å²) in [6.45, 7) is 5.97. The third kappa shape index (κ3) is 5.11. The fourth-order valence-electron chi connectivity index (χ4n) is 5.42. The second kappa shape index (κ2) is 10.2. The Labute approximate surface area is 218 Å². The highest BCUT2D eigenvalue weighted by atomic mass is 32.1. The molecule has 0 radical (unpaired) electrons. The first-order valence-electron chi connectivity index (χ1n) is 13.3. The van der Waals surface area contributed by atoms with Crippen LogP contribution in [0.15, 0.2) is 20.2 Å². The molecule has 1 atom stereocenters. The smallest absolute Gasteiger partial charge is 0.365 e. The summed E-state index contributed by atoms with van der Waals surface area (Å²) in [5.41, 5.74) is 4.24. The molecular weight excluding hydrogens is 490 g/mol. The number of thiazole rings is 1. The summed E-state index contributed by atoms with van der Waals surface area (Å²) < 4.78 is 6.97. The van der Waals surface area contributed by atoms with Gasteiger partial charge in [0.2, 0.25) is 17.6 Å². The first-order chi connectivity index (χ1) is 18.0. The van der Waals surface area contributed by atoms with E-state index in [0.717, 1.165) is 29.6 Å². The van der Waals surface area contributed by atoms with Gasteiger partial charge in [-0.3, -0.25) is 9.51 Å². The molecule has 11 nitrogen and oxygen atoms in total. The molecule has 0 spiro atoms. The lowest BCUT2D eigenvalue weighted by Crippen LogP contribution is -2.31. The van der Waals surface area contributed by atoms with E-state index in [1.165, 1.54) is 44.9 Å². The number of imidazole rings is 1. The fraction of sp³-hybridized carbons (Fsp3) is 0.600. The summed E-state index contributed by atoms with van der Waals surface area (Å²) in [7, 11) is 0. The summed E-state index contributed by atoms with van der Waals surface area (Å²) in [6, 6.07) is 0.251. The van der Waals surface area contributed by atoms with Crippen molar-refractivity contribution in [1.82, 2.24) is 34.6 Å². The molecule has 0 aliphatic heterocycles. The number of rotatable bonds is 9. The molecule has 4 aromatic rings. The van der Waals surface area contributed by atoms with Crippen LogP contribution in [0.4, 0.5) is 11.8 Å². The van der Waals surface area contributed by atoms with Crippen molar-refractivity contribution in [3.8, 4) is 11.6 Å². The van der Waals surface area contributed by atoms with E-state index in [1.54, 1.807) is 11.3 Å². The fourth-order valence-corrected chi connectivity index (χ4v) is 5.98. The van der Waals surface area contributed by atoms with Crippen molar-refractivity contribution in [1.29, 1.82) is 0 Å². The van der Waals surface area contributed by atoms with E-state index in [2.05, 4.69) is 44.2 Å². The number of fused-ring (bicyclic) bond motifs is 1. The van der Waals surface area contributed by atoms with E-state index in [4.69, 9.17) is 19.5 Å². The summed E-state index contributed by atoms with van der Waals surface area (Å²) in [5.74, 6) is 3.26. The average Bonchev–Trinajstić information content (AvgIpc) is 3.58. The molecule has 6 rings (SSSR count). The number of hydrogen-bond donors (Lipinski definition) is 3. The minimum Gasteiger partial charge on any atom is -0.365 e. The highest BCUT2D eigenvalue weighted by Crippen LogP contribution is 2.35. The number of H-pyrrole nitrogens is 1. The van der Waals surface area contributed by atoms with E-state index < -0.39 is 5.76 Å². The standard InChI is InChI=1S/C25H33N9O2S/c1-14-6-8-16(9-7-14)11-34-19-20(28-15(2)17-4-3-5-17)29-22(23-32-25(35)36-33-23)30-21(19)31-24(34)26-10-18-12-37-13-27-18/h12-17H,3-11H2,1-2H3,(H,32,33,35)(H2,26,28,29,30,31)/t14?,15-,16?/m1/s1. The van der Waals surface area contributed by atoms with Gasteiger partial charge < -0.3 is 15.2 Å². The summed E-state index contributed by atoms with van der Waals surface area (Å²) in [5, 5.41) is 13.0. The van der Waals surface area contributed by atoms with Gasteiger partial charge in [0.25, 0.3) is 0 Å². The molecule has 4 heterocycles. The van der Waals surface area contributed by atoms with Crippen molar-refractivity contribution >= 4 is 34.3 Å². The second-order valence-electron chi connectivity index (χ2n) is 10.6. The van der Waals surface area contributed by atoms with Crippen molar-refractivity contribution in [2.24, 2.45) is 17.8 Å². The zero-order valence-electron chi connectivity index (χ0n) is 21.2. The van der Waals surface area contributed by atoms with E-state index in [1.807, 2.05) is 10.9 Å². The molecule has 0 unspecified atom stereocenters. The second-order valence-corrected chi connectivity index (χ2v) is 11.4. The third-order valence-corrected chi connectivity index (χ3v) is 8.60. The monoisotopic (exact) mass is 523 g/mol. The zero-order chi connectivity index (χ0) is 25.4. The van der Waals surface area contributed by atoms with Gasteiger partial charge in [-0.1, -0.05) is 31.3 Å². The SMILES string of the molecule is CC1CCC(Cn2c(NCc3cscn3)nc3nc(-c4noc(=O)[nH]4)nc(N[C@H](C)C4CCC4)c32)CC1. The van der Waals surface area contributed by atoms with E-state index in [0.29, 0.717) is 29.8 Å². The predicted octanol–water partition coefficient (Wildman–Crippen LogP) is 4.67. The van der Waals surface area contributed by atoms with Crippen LogP contribution < -0.4 is 16.4 Å². The lowest BCUT2D eigenvalue weighted by Gasteiger charge is -2.32. The van der Waals surface area contributed by atoms with Gasteiger partial charge in [0.05, 0.1) is 17.7 Å². The quantitative estimate of drug-likeness (QED) is 0.286. The van der Waals surface area contributed by atoms with Crippen LogP contribution in [0.25, 0.3) is 22.8 Å². The molecule has 2 aliphatic carbocycles. The Balaban J connectivity index is 1.43. The number of nitrogens with zero attached hydrogens (tertiary/aromatic N) is 6. The van der Waals surface area contributed by atoms with Crippen LogP contribution in [0.5, 0.6) is 0 Å². The van der Waals surface area contributed by atoms with Crippen molar-refractivity contribution < 1.29 is 4.52 Å². The van der Waals surface area contributed by atoms with Crippen LogP contribution in [0.1, 0.15) is 64.5 Å². The Morgan fingerprint density at radius 1 is 1.19 bits per heavy atom. The topological polar surface area (TPSA) is 139 Å². The molecule has 2 aliphatic rings. The lowest BCUT2D eigenvalue weighted by atomic mass is 9.80. The molecule has 0 amide bonds. The highest BCUT2D eigenvalue weighted by molar-refractivity contribution is 7.07. The van der Waals surface area contributed by atoms with Gasteiger partial charge >= 0.3 is 5.76 Å². The van der Waals surface area contributed by atoms with Gasteiger partial charge in [-0.05, 0) is 50.4 Å². The van der Waals surface area contributed by atoms with Gasteiger partial charge in [0.1, 0.15) is 5.52 Å². The maximum absolute atomic E-state index is 11.6. The molecule has 2 saturated carbocycles. The van der Waals surface area contributed by atoms with Crippen LogP contribution in [-0.2, 0) is 13.1 Å². The van der Waals surface area contributed by atoms with Crippen LogP contribution in [-0.4, -0.2) is 40.7 Å². The Bertz CT molecular complexity index is 1400. The number of anilines is 2. The Hall–Kier alpha value is -3.28. The molecular formula is C25H33N9O2S. The summed E-state index contributed by atoms with van der Waals surface area (Å²) >= 11 is 1.58. The van der Waals surface area contributed by atoms with Crippen LogP contribution in [0.2, 0.25) is 0 Å². The maximum Gasteiger partial charge on any atom is 0.439 e. The number of aromatic amines is 1. The molecule has 196 valence electrons. The highest BCUT2D eigenvalue weighted by Gasteiger charge is 2.28. The number of hydrogen-bond acceptors (Lipinski definition) is 10. The van der Waals surface area contributed by atoms with E-state index >= 15 is 0 Å². The third-order valence-electron chi connectivity index (χ3n) is 7.96. The van der Waals surface area contributed by atoms with Crippen LogP contribution in [0.3, 0.4) is 0 Å². The maximum atomic E-state index is 11.6. The zero-order valence-corrected chi connectivity index (χ0v) is 22.1. The minimum absolute atomic E-state index is 0.194. The van der Waals surface area contributed by atoms with Gasteiger partial charge in [-0.25, -0.2) is 19.7 Å². The molecule has 4 aromatic heterocycles. The lowest BCUT2D eigenvalue weighted by molar-refractivity contribution is 0.267. The Morgan fingerprint density at radius 2 is 2.03 bits per heavy atom. The summed E-state index contributed by atoms with van der Waals surface area (Å²) in [4.78, 5) is 33.1. The van der Waals surface area contributed by atoms with Gasteiger partial charge in [0.15, 0.2) is 11.5 Å². The predicted molar refractivity (Wildman–Crippen MR) is 142 cm³/mol. The van der Waals surface area contributed by atoms with Crippen LogP contribution in [0, 0.1) is 17.8 Å². The van der Waals surface area contributed by atoms with Gasteiger partial charge in [-0.15, -0.1) is 11.3 Å². The number of nitrogens with one attached hydrogen (secondary N) is 3. The van der Waals surface area contributed by atoms with E-state index in [9.17, 15) is 4.79 Å². The number of aromatic nitrogens is 7. The Morgan fingerprint density at radius 3 is 2.70 bits per heavy atom. The van der Waals surface area contributed by atoms with Gasteiger partial charge in [0, 0.05) is 18.0 Å². The molecule has 0 aromatic carbocycles. The molecule has 37 heavy (non-hydrogen) atoms. The van der Waals surface area contributed by atoms with E-state index in [-0.39, 0.29) is 17.7 Å². The minimum atomic E-state index is -0.640. The van der Waals surface area contributed by atoms with Crippen LogP contribution >= 0.6 is 11.3 Å². The first-order valence-corrected chi connectivity index (χ1v) is 14.2. The molecule has 12 heteroatoms. The van der Waals surface area contributed by atoms with Crippen molar-refractivity contribution in [2.45, 2.75) is 77.9 Å².